The van der Waals surface area contributed by atoms with E-state index in [4.69, 9.17) is 5.11 Å². The quantitative estimate of drug-likeness (QED) is 0.768. The van der Waals surface area contributed by atoms with E-state index in [1.807, 2.05) is 6.92 Å². The molecule has 17 heavy (non-hydrogen) atoms. The predicted octanol–water partition coefficient (Wildman–Crippen LogP) is 1.12. The van der Waals surface area contributed by atoms with Gasteiger partial charge in [-0.25, -0.2) is 0 Å². The van der Waals surface area contributed by atoms with Gasteiger partial charge in [-0.05, 0) is 38.0 Å². The maximum atomic E-state index is 11.7. The number of hydrogen-bond donors (Lipinski definition) is 2. The van der Waals surface area contributed by atoms with Gasteiger partial charge >= 0.3 is 5.97 Å². The van der Waals surface area contributed by atoms with Crippen LogP contribution in [0, 0.1) is 12.3 Å². The van der Waals surface area contributed by atoms with Crippen molar-refractivity contribution in [3.63, 3.8) is 0 Å². The van der Waals surface area contributed by atoms with Crippen LogP contribution in [-0.2, 0) is 16.1 Å². The Morgan fingerprint density at radius 2 is 2.12 bits per heavy atom. The molecule has 2 N–H and O–H groups in total. The van der Waals surface area contributed by atoms with Crippen molar-refractivity contribution in [3.05, 3.63) is 29.6 Å². The zero-order chi connectivity index (χ0) is 13.1. The number of carbonyl (C=O) groups is 2. The number of carbonyl (C=O) groups excluding carboxylic acids is 1. The highest BCUT2D eigenvalue weighted by atomic mass is 16.4. The topological polar surface area (TPSA) is 79.3 Å². The first-order valence-electron chi connectivity index (χ1n) is 5.27. The van der Waals surface area contributed by atoms with E-state index in [0.717, 1.165) is 11.1 Å². The summed E-state index contributed by atoms with van der Waals surface area (Å²) in [6.45, 7) is 4.95. The summed E-state index contributed by atoms with van der Waals surface area (Å²) in [4.78, 5) is 26.5. The minimum Gasteiger partial charge on any atom is -0.480 e. The molecule has 1 amide bonds. The molecule has 1 aromatic rings. The molecule has 0 aliphatic rings. The van der Waals surface area contributed by atoms with Crippen LogP contribution in [0.25, 0.3) is 0 Å². The van der Waals surface area contributed by atoms with E-state index in [1.165, 1.54) is 13.8 Å². The van der Waals surface area contributed by atoms with Gasteiger partial charge in [0.2, 0.25) is 5.91 Å². The van der Waals surface area contributed by atoms with Gasteiger partial charge in [-0.15, -0.1) is 0 Å². The lowest BCUT2D eigenvalue weighted by Crippen LogP contribution is -2.42. The standard InChI is InChI=1S/C12H16N2O3/c1-8-6-13-5-4-9(8)7-14-10(15)12(2,3)11(16)17/h4-6H,7H2,1-3H3,(H,14,15)(H,16,17). The summed E-state index contributed by atoms with van der Waals surface area (Å²) in [5, 5.41) is 11.5. The molecule has 0 aliphatic heterocycles. The molecule has 0 saturated carbocycles. The number of carboxylic acids is 1. The molecule has 5 nitrogen and oxygen atoms in total. The molecule has 92 valence electrons. The lowest BCUT2D eigenvalue weighted by atomic mass is 9.92. The van der Waals surface area contributed by atoms with Gasteiger partial charge in [-0.2, -0.15) is 0 Å². The normalized spacial score (nSPS) is 11.0. The Bertz CT molecular complexity index is 441. The lowest BCUT2D eigenvalue weighted by Gasteiger charge is -2.18. The van der Waals surface area contributed by atoms with E-state index in [1.54, 1.807) is 18.5 Å². The van der Waals surface area contributed by atoms with E-state index in [-0.39, 0.29) is 0 Å². The molecule has 0 bridgehead atoms. The Labute approximate surface area is 99.9 Å². The molecule has 1 aromatic heterocycles. The van der Waals surface area contributed by atoms with Gasteiger partial charge in [0.05, 0.1) is 0 Å². The molecule has 5 heteroatoms. The summed E-state index contributed by atoms with van der Waals surface area (Å²) in [6.07, 6.45) is 3.33. The van der Waals surface area contributed by atoms with E-state index < -0.39 is 17.3 Å². The van der Waals surface area contributed by atoms with Crippen LogP contribution in [0.1, 0.15) is 25.0 Å². The molecule has 1 heterocycles. The first-order valence-corrected chi connectivity index (χ1v) is 5.27. The smallest absolute Gasteiger partial charge is 0.318 e. The zero-order valence-corrected chi connectivity index (χ0v) is 10.2. The van der Waals surface area contributed by atoms with Crippen LogP contribution >= 0.6 is 0 Å². The van der Waals surface area contributed by atoms with Crippen molar-refractivity contribution in [2.24, 2.45) is 5.41 Å². The number of hydrogen-bond acceptors (Lipinski definition) is 3. The van der Waals surface area contributed by atoms with Gasteiger partial charge < -0.3 is 10.4 Å². The second kappa shape index (κ2) is 4.95. The summed E-state index contributed by atoms with van der Waals surface area (Å²) >= 11 is 0. The minimum atomic E-state index is -1.42. The average Bonchev–Trinajstić information content (AvgIpc) is 2.27. The van der Waals surface area contributed by atoms with Crippen molar-refractivity contribution >= 4 is 11.9 Å². The van der Waals surface area contributed by atoms with Crippen LogP contribution < -0.4 is 5.32 Å². The first kappa shape index (κ1) is 13.2. The molecule has 0 aromatic carbocycles. The maximum Gasteiger partial charge on any atom is 0.318 e. The van der Waals surface area contributed by atoms with Gasteiger partial charge in [0.15, 0.2) is 0 Å². The average molecular weight is 236 g/mol. The van der Waals surface area contributed by atoms with Crippen molar-refractivity contribution < 1.29 is 14.7 Å². The fourth-order valence-electron chi connectivity index (χ4n) is 1.19. The number of amides is 1. The Balaban J connectivity index is 2.67. The van der Waals surface area contributed by atoms with E-state index in [0.29, 0.717) is 6.54 Å². The molecule has 0 unspecified atom stereocenters. The molecular weight excluding hydrogens is 220 g/mol. The third-order valence-electron chi connectivity index (χ3n) is 2.68. The number of nitrogens with zero attached hydrogens (tertiary/aromatic N) is 1. The Morgan fingerprint density at radius 1 is 1.47 bits per heavy atom. The highest BCUT2D eigenvalue weighted by Crippen LogP contribution is 2.15. The second-order valence-corrected chi connectivity index (χ2v) is 4.41. The fraction of sp³-hybridized carbons (Fsp3) is 0.417. The fourth-order valence-corrected chi connectivity index (χ4v) is 1.19. The minimum absolute atomic E-state index is 0.309. The highest BCUT2D eigenvalue weighted by Gasteiger charge is 2.35. The number of carboxylic acid groups (broad SMARTS) is 1. The van der Waals surface area contributed by atoms with E-state index >= 15 is 0 Å². The second-order valence-electron chi connectivity index (χ2n) is 4.41. The number of aliphatic carboxylic acids is 1. The van der Waals surface area contributed by atoms with Gasteiger partial charge in [0.25, 0.3) is 0 Å². The third kappa shape index (κ3) is 3.03. The maximum absolute atomic E-state index is 11.7. The van der Waals surface area contributed by atoms with Crippen LogP contribution in [0.5, 0.6) is 0 Å². The Kier molecular flexibility index (Phi) is 3.83. The van der Waals surface area contributed by atoms with Gasteiger partial charge in [-0.1, -0.05) is 0 Å². The largest absolute Gasteiger partial charge is 0.480 e. The van der Waals surface area contributed by atoms with Gasteiger partial charge in [-0.3, -0.25) is 14.6 Å². The van der Waals surface area contributed by atoms with Crippen LogP contribution in [0.3, 0.4) is 0 Å². The number of aromatic nitrogens is 1. The van der Waals surface area contributed by atoms with Crippen LogP contribution in [0.15, 0.2) is 18.5 Å². The third-order valence-corrected chi connectivity index (χ3v) is 2.68. The van der Waals surface area contributed by atoms with E-state index in [2.05, 4.69) is 10.3 Å². The van der Waals surface area contributed by atoms with Crippen molar-refractivity contribution in [1.29, 1.82) is 0 Å². The van der Waals surface area contributed by atoms with E-state index in [9.17, 15) is 9.59 Å². The molecule has 0 atom stereocenters. The lowest BCUT2D eigenvalue weighted by molar-refractivity contribution is -0.153. The Hall–Kier alpha value is -1.91. The van der Waals surface area contributed by atoms with Gasteiger partial charge in [0, 0.05) is 18.9 Å². The van der Waals surface area contributed by atoms with Crippen molar-refractivity contribution in [2.45, 2.75) is 27.3 Å². The van der Waals surface area contributed by atoms with Crippen molar-refractivity contribution in [2.75, 3.05) is 0 Å². The van der Waals surface area contributed by atoms with Gasteiger partial charge in [0.1, 0.15) is 5.41 Å². The summed E-state index contributed by atoms with van der Waals surface area (Å²) < 4.78 is 0. The number of pyridine rings is 1. The predicted molar refractivity (Wildman–Crippen MR) is 62.2 cm³/mol. The SMILES string of the molecule is Cc1cnccc1CNC(=O)C(C)(C)C(=O)O. The van der Waals surface area contributed by atoms with Crippen molar-refractivity contribution in [1.82, 2.24) is 10.3 Å². The molecular formula is C12H16N2O3. The summed E-state index contributed by atoms with van der Waals surface area (Å²) in [7, 11) is 0. The summed E-state index contributed by atoms with van der Waals surface area (Å²) in [5.41, 5.74) is 0.469. The summed E-state index contributed by atoms with van der Waals surface area (Å²) in [5.74, 6) is -1.64. The van der Waals surface area contributed by atoms with Crippen LogP contribution in [0.2, 0.25) is 0 Å². The molecule has 0 spiro atoms. The molecule has 0 fully saturated rings. The zero-order valence-electron chi connectivity index (χ0n) is 10.2. The Morgan fingerprint density at radius 3 is 2.65 bits per heavy atom. The molecule has 0 radical (unpaired) electrons. The van der Waals surface area contributed by atoms with Crippen LogP contribution in [0.4, 0.5) is 0 Å². The van der Waals surface area contributed by atoms with Crippen molar-refractivity contribution in [3.8, 4) is 0 Å². The molecule has 0 aliphatic carbocycles. The highest BCUT2D eigenvalue weighted by molar-refractivity contribution is 6.00. The first-order chi connectivity index (χ1) is 7.85. The molecule has 0 saturated heterocycles. The number of aryl methyl sites for hydroxylation is 1. The number of nitrogens with one attached hydrogen (secondary N) is 1. The summed E-state index contributed by atoms with van der Waals surface area (Å²) in [6, 6.07) is 1.80. The number of rotatable bonds is 4. The monoisotopic (exact) mass is 236 g/mol. The van der Waals surface area contributed by atoms with Crippen LogP contribution in [-0.4, -0.2) is 22.0 Å². The molecule has 1 rings (SSSR count).